The van der Waals surface area contributed by atoms with Crippen molar-refractivity contribution in [3.05, 3.63) is 30.3 Å². The van der Waals surface area contributed by atoms with Gasteiger partial charge in [0.2, 0.25) is 5.91 Å². The maximum Gasteiger partial charge on any atom is 0.326 e. The van der Waals surface area contributed by atoms with E-state index in [4.69, 9.17) is 0 Å². The number of carboxylic acid groups (broad SMARTS) is 1. The molecule has 1 aromatic rings. The van der Waals surface area contributed by atoms with E-state index < -0.39 is 12.0 Å². The number of likely N-dealkylation sites (tertiary alicyclic amines) is 1. The minimum absolute atomic E-state index is 0.0324. The summed E-state index contributed by atoms with van der Waals surface area (Å²) in [7, 11) is 0. The first kappa shape index (κ1) is 27.1. The van der Waals surface area contributed by atoms with Crippen LogP contribution >= 0.6 is 0 Å². The molecule has 9 atom stereocenters. The molecule has 4 bridgehead atoms. The minimum Gasteiger partial charge on any atom is -0.480 e. The van der Waals surface area contributed by atoms with Crippen molar-refractivity contribution >= 4 is 17.6 Å². The molecule has 6 heteroatoms. The van der Waals surface area contributed by atoms with Gasteiger partial charge < -0.3 is 14.9 Å². The second-order valence-corrected chi connectivity index (χ2v) is 13.8. The van der Waals surface area contributed by atoms with E-state index in [0.29, 0.717) is 37.0 Å². The molecule has 5 aliphatic rings. The van der Waals surface area contributed by atoms with Crippen molar-refractivity contribution in [2.45, 2.75) is 121 Å². The number of carbonyl (C=O) groups is 2. The van der Waals surface area contributed by atoms with Gasteiger partial charge in [-0.05, 0) is 93.6 Å². The summed E-state index contributed by atoms with van der Waals surface area (Å²) in [5, 5.41) is 9.71. The lowest BCUT2D eigenvalue weighted by molar-refractivity contribution is -0.147. The number of para-hydroxylation sites is 1. The summed E-state index contributed by atoms with van der Waals surface area (Å²) in [4.78, 5) is 32.4. The minimum atomic E-state index is -0.869. The Balaban J connectivity index is 1.24. The van der Waals surface area contributed by atoms with Gasteiger partial charge >= 0.3 is 5.97 Å². The van der Waals surface area contributed by atoms with Gasteiger partial charge in [0.25, 0.3) is 0 Å². The quantitative estimate of drug-likeness (QED) is 0.498. The van der Waals surface area contributed by atoms with Gasteiger partial charge in [0.1, 0.15) is 6.04 Å². The number of hydrogen-bond donors (Lipinski definition) is 1. The summed E-state index contributed by atoms with van der Waals surface area (Å²) < 4.78 is 0. The monoisotopic (exact) mass is 535 g/mol. The molecule has 9 unspecified atom stereocenters. The molecule has 39 heavy (non-hydrogen) atoms. The van der Waals surface area contributed by atoms with Gasteiger partial charge in [-0.3, -0.25) is 9.69 Å². The molecule has 0 aromatic heterocycles. The fourth-order valence-electron chi connectivity index (χ4n) is 9.35. The van der Waals surface area contributed by atoms with Crippen LogP contribution in [0.25, 0.3) is 0 Å². The van der Waals surface area contributed by atoms with Crippen molar-refractivity contribution in [1.29, 1.82) is 0 Å². The van der Waals surface area contributed by atoms with Crippen LogP contribution in [0.1, 0.15) is 90.9 Å². The lowest BCUT2D eigenvalue weighted by Crippen LogP contribution is -2.63. The summed E-state index contributed by atoms with van der Waals surface area (Å²) in [6.45, 7) is 5.81. The van der Waals surface area contributed by atoms with Crippen LogP contribution in [0.4, 0.5) is 5.69 Å². The Bertz CT molecular complexity index is 1010. The molecule has 1 N–H and O–H groups in total. The van der Waals surface area contributed by atoms with Crippen LogP contribution in [0.3, 0.4) is 0 Å². The van der Waals surface area contributed by atoms with Gasteiger partial charge in [-0.1, -0.05) is 51.3 Å². The predicted molar refractivity (Wildman–Crippen MR) is 155 cm³/mol. The van der Waals surface area contributed by atoms with Crippen molar-refractivity contribution in [2.75, 3.05) is 18.0 Å². The number of hydrogen-bond acceptors (Lipinski definition) is 4. The zero-order valence-electron chi connectivity index (χ0n) is 24.1. The van der Waals surface area contributed by atoms with E-state index in [0.717, 1.165) is 48.7 Å². The molecule has 214 valence electrons. The van der Waals surface area contributed by atoms with Gasteiger partial charge in [0, 0.05) is 36.4 Å². The van der Waals surface area contributed by atoms with Gasteiger partial charge in [-0.2, -0.15) is 0 Å². The van der Waals surface area contributed by atoms with E-state index in [2.05, 4.69) is 47.9 Å². The Kier molecular flexibility index (Phi) is 7.94. The van der Waals surface area contributed by atoms with Crippen LogP contribution in [0.15, 0.2) is 30.3 Å². The summed E-state index contributed by atoms with van der Waals surface area (Å²) in [5.74, 6) is 2.43. The Morgan fingerprint density at radius 3 is 2.44 bits per heavy atom. The van der Waals surface area contributed by atoms with E-state index >= 15 is 0 Å². The molecular weight excluding hydrogens is 486 g/mol. The second kappa shape index (κ2) is 11.4. The van der Waals surface area contributed by atoms with Crippen molar-refractivity contribution in [3.63, 3.8) is 0 Å². The van der Waals surface area contributed by atoms with Crippen LogP contribution in [-0.4, -0.2) is 70.1 Å². The van der Waals surface area contributed by atoms with E-state index in [-0.39, 0.29) is 12.5 Å². The third kappa shape index (κ3) is 5.47. The SMILES string of the molecule is CC1CCC2CCC1CC(N1C3CCC(C)C1CC(N(CC(=O)N1CCCC1C(=O)O)c1ccccc1)C3)C2. The van der Waals surface area contributed by atoms with Crippen molar-refractivity contribution in [3.8, 4) is 0 Å². The number of benzene rings is 1. The van der Waals surface area contributed by atoms with E-state index in [1.54, 1.807) is 4.90 Å². The van der Waals surface area contributed by atoms with Gasteiger partial charge in [0.15, 0.2) is 0 Å². The zero-order valence-corrected chi connectivity index (χ0v) is 24.1. The molecule has 6 rings (SSSR count). The predicted octanol–water partition coefficient (Wildman–Crippen LogP) is 5.81. The number of carboxylic acids is 1. The lowest BCUT2D eigenvalue weighted by atomic mass is 9.72. The molecule has 1 aromatic carbocycles. The van der Waals surface area contributed by atoms with Crippen LogP contribution in [0, 0.1) is 23.7 Å². The first-order valence-corrected chi connectivity index (χ1v) is 16.0. The standard InChI is InChI=1S/C33H49N3O3/c1-22-10-12-24-13-14-25(22)18-29(17-24)36-27-15-11-23(2)31(36)20-28(19-27)35(26-7-4-3-5-8-26)21-32(37)34-16-6-9-30(34)33(38)39/h3-5,7-8,22-25,27-31H,6,9-21H2,1-2H3,(H,38,39). The Morgan fingerprint density at radius 2 is 1.64 bits per heavy atom. The number of nitrogens with zero attached hydrogens (tertiary/aromatic N) is 3. The van der Waals surface area contributed by atoms with E-state index in [1.165, 1.54) is 51.4 Å². The molecule has 2 aliphatic carbocycles. The summed E-state index contributed by atoms with van der Waals surface area (Å²) in [6, 6.07) is 11.9. The number of aliphatic carboxylic acids is 1. The van der Waals surface area contributed by atoms with Crippen LogP contribution in [-0.2, 0) is 9.59 Å². The molecular formula is C33H49N3O3. The molecule has 3 saturated heterocycles. The van der Waals surface area contributed by atoms with Gasteiger partial charge in [0.05, 0.1) is 6.54 Å². The summed E-state index contributed by atoms with van der Waals surface area (Å²) in [5.41, 5.74) is 1.10. The highest BCUT2D eigenvalue weighted by molar-refractivity contribution is 5.87. The highest BCUT2D eigenvalue weighted by atomic mass is 16.4. The number of piperidine rings is 2. The van der Waals surface area contributed by atoms with Crippen LogP contribution in [0.5, 0.6) is 0 Å². The third-order valence-electron chi connectivity index (χ3n) is 11.5. The molecule has 2 saturated carbocycles. The van der Waals surface area contributed by atoms with Crippen molar-refractivity contribution in [2.24, 2.45) is 23.7 Å². The van der Waals surface area contributed by atoms with E-state index in [9.17, 15) is 14.7 Å². The first-order valence-electron chi connectivity index (χ1n) is 16.0. The average Bonchev–Trinajstić information content (AvgIpc) is 3.25. The number of fused-ring (bicyclic) bond motifs is 5. The molecule has 0 spiro atoms. The maximum absolute atomic E-state index is 13.6. The smallest absolute Gasteiger partial charge is 0.326 e. The number of rotatable bonds is 6. The average molecular weight is 536 g/mol. The van der Waals surface area contributed by atoms with Gasteiger partial charge in [-0.25, -0.2) is 4.79 Å². The maximum atomic E-state index is 13.6. The second-order valence-electron chi connectivity index (χ2n) is 13.8. The Labute approximate surface area is 235 Å². The normalized spacial score (nSPS) is 38.7. The highest BCUT2D eigenvalue weighted by Crippen LogP contribution is 2.47. The largest absolute Gasteiger partial charge is 0.480 e. The van der Waals surface area contributed by atoms with Gasteiger partial charge in [-0.15, -0.1) is 0 Å². The summed E-state index contributed by atoms with van der Waals surface area (Å²) >= 11 is 0. The van der Waals surface area contributed by atoms with Crippen LogP contribution in [0.2, 0.25) is 0 Å². The highest BCUT2D eigenvalue weighted by Gasteiger charge is 2.48. The fraction of sp³-hybridized carbons (Fsp3) is 0.758. The molecule has 3 heterocycles. The lowest BCUT2D eigenvalue weighted by Gasteiger charge is -2.57. The summed E-state index contributed by atoms with van der Waals surface area (Å²) in [6.07, 6.45) is 14.6. The molecule has 6 nitrogen and oxygen atoms in total. The Hall–Kier alpha value is -2.08. The number of anilines is 1. The number of amides is 1. The fourth-order valence-corrected chi connectivity index (χ4v) is 9.35. The Morgan fingerprint density at radius 1 is 0.872 bits per heavy atom. The van der Waals surface area contributed by atoms with Crippen LogP contribution < -0.4 is 4.90 Å². The molecule has 1 amide bonds. The zero-order chi connectivity index (χ0) is 27.1. The van der Waals surface area contributed by atoms with E-state index in [1.807, 2.05) is 6.07 Å². The molecule has 3 aliphatic heterocycles. The van der Waals surface area contributed by atoms with Crippen molar-refractivity contribution < 1.29 is 14.7 Å². The van der Waals surface area contributed by atoms with Crippen molar-refractivity contribution in [1.82, 2.24) is 9.80 Å². The number of carbonyl (C=O) groups excluding carboxylic acids is 1. The molecule has 5 fully saturated rings. The first-order chi connectivity index (χ1) is 18.9. The molecule has 0 radical (unpaired) electrons. The topological polar surface area (TPSA) is 64.1 Å². The third-order valence-corrected chi connectivity index (χ3v) is 11.5.